The minimum atomic E-state index is -0.477. The maximum atomic E-state index is 12.5. The van der Waals surface area contributed by atoms with Gasteiger partial charge in [0.2, 0.25) is 0 Å². The Morgan fingerprint density at radius 2 is 1.70 bits per heavy atom. The molecule has 0 aliphatic carbocycles. The zero-order chi connectivity index (χ0) is 19.2. The highest BCUT2D eigenvalue weighted by Crippen LogP contribution is 2.24. The van der Waals surface area contributed by atoms with Gasteiger partial charge in [-0.2, -0.15) is 0 Å². The van der Waals surface area contributed by atoms with Gasteiger partial charge >= 0.3 is 0 Å². The normalized spacial score (nSPS) is 15.6. The van der Waals surface area contributed by atoms with E-state index >= 15 is 0 Å². The summed E-state index contributed by atoms with van der Waals surface area (Å²) in [6, 6.07) is 14.7. The first kappa shape index (κ1) is 19.7. The van der Waals surface area contributed by atoms with Crippen molar-refractivity contribution in [2.24, 2.45) is 0 Å². The van der Waals surface area contributed by atoms with Crippen LogP contribution in [0.2, 0.25) is 0 Å². The van der Waals surface area contributed by atoms with E-state index in [4.69, 9.17) is 0 Å². The van der Waals surface area contributed by atoms with Crippen LogP contribution < -0.4 is 0 Å². The lowest BCUT2D eigenvalue weighted by molar-refractivity contribution is -0.384. The van der Waals surface area contributed by atoms with Gasteiger partial charge in [-0.1, -0.05) is 46.3 Å². The molecule has 0 amide bonds. The van der Waals surface area contributed by atoms with E-state index in [2.05, 4.69) is 50.0 Å². The summed E-state index contributed by atoms with van der Waals surface area (Å²) in [6.07, 6.45) is 0.360. The fraction of sp³-hybridized carbons (Fsp3) is 0.350. The van der Waals surface area contributed by atoms with Gasteiger partial charge in [-0.15, -0.1) is 0 Å². The third-order valence-corrected chi connectivity index (χ3v) is 5.52. The molecule has 7 heteroatoms. The molecule has 142 valence electrons. The summed E-state index contributed by atoms with van der Waals surface area (Å²) in [5.74, 6) is -0.0720. The van der Waals surface area contributed by atoms with Gasteiger partial charge in [-0.05, 0) is 11.6 Å². The minimum Gasteiger partial charge on any atom is -0.300 e. The van der Waals surface area contributed by atoms with E-state index in [-0.39, 0.29) is 11.5 Å². The van der Waals surface area contributed by atoms with E-state index in [1.807, 2.05) is 6.07 Å². The lowest BCUT2D eigenvalue weighted by atomic mass is 10.1. The summed E-state index contributed by atoms with van der Waals surface area (Å²) in [7, 11) is 0. The Morgan fingerprint density at radius 1 is 1.04 bits per heavy atom. The van der Waals surface area contributed by atoms with E-state index in [0.29, 0.717) is 23.0 Å². The molecule has 1 aliphatic heterocycles. The number of hydrogen-bond acceptors (Lipinski definition) is 5. The monoisotopic (exact) mass is 431 g/mol. The van der Waals surface area contributed by atoms with Crippen molar-refractivity contribution in [3.63, 3.8) is 0 Å². The number of nitro benzene ring substituents is 1. The second kappa shape index (κ2) is 9.21. The highest BCUT2D eigenvalue weighted by molar-refractivity contribution is 9.10. The molecule has 0 spiro atoms. The number of carbonyl (C=O) groups is 1. The molecule has 3 rings (SSSR count). The fourth-order valence-electron chi connectivity index (χ4n) is 3.25. The van der Waals surface area contributed by atoms with E-state index in [1.165, 1.54) is 17.7 Å². The summed E-state index contributed by atoms with van der Waals surface area (Å²) in [5.41, 5.74) is 1.64. The lowest BCUT2D eigenvalue weighted by Crippen LogP contribution is -2.46. The number of benzene rings is 2. The van der Waals surface area contributed by atoms with Crippen LogP contribution in [0, 0.1) is 10.1 Å². The SMILES string of the molecule is O=C(CCN1CCN(Cc2ccccc2)CC1)c1cc([N+](=O)[O-])ccc1Br. The standard InChI is InChI=1S/C20H22BrN3O3/c21-19-7-6-17(24(26)27)14-18(19)20(25)8-9-22-10-12-23(13-11-22)15-16-4-2-1-3-5-16/h1-7,14H,8-13,15H2. The van der Waals surface area contributed by atoms with Crippen molar-refractivity contribution in [2.45, 2.75) is 13.0 Å². The van der Waals surface area contributed by atoms with Crippen LogP contribution in [0.25, 0.3) is 0 Å². The van der Waals surface area contributed by atoms with Crippen LogP contribution in [0.4, 0.5) is 5.69 Å². The van der Waals surface area contributed by atoms with Gasteiger partial charge in [-0.25, -0.2) is 0 Å². The van der Waals surface area contributed by atoms with Crippen LogP contribution >= 0.6 is 15.9 Å². The Morgan fingerprint density at radius 3 is 2.37 bits per heavy atom. The molecule has 0 bridgehead atoms. The molecule has 1 aliphatic rings. The first-order valence-electron chi connectivity index (χ1n) is 8.99. The van der Waals surface area contributed by atoms with Crippen molar-refractivity contribution >= 4 is 27.4 Å². The average molecular weight is 432 g/mol. The summed E-state index contributed by atoms with van der Waals surface area (Å²) < 4.78 is 0.603. The largest absolute Gasteiger partial charge is 0.300 e. The Kier molecular flexibility index (Phi) is 6.71. The predicted octanol–water partition coefficient (Wildman–Crippen LogP) is 3.75. The number of piperazine rings is 1. The number of rotatable bonds is 7. The third kappa shape index (κ3) is 5.45. The van der Waals surface area contributed by atoms with Crippen LogP contribution in [0.3, 0.4) is 0 Å². The number of nitrogens with zero attached hydrogens (tertiary/aromatic N) is 3. The lowest BCUT2D eigenvalue weighted by Gasteiger charge is -2.34. The zero-order valence-electron chi connectivity index (χ0n) is 15.0. The Balaban J connectivity index is 1.48. The second-order valence-electron chi connectivity index (χ2n) is 6.70. The summed E-state index contributed by atoms with van der Waals surface area (Å²) in [6.45, 7) is 5.43. The van der Waals surface area contributed by atoms with Crippen molar-refractivity contribution in [2.75, 3.05) is 32.7 Å². The third-order valence-electron chi connectivity index (χ3n) is 4.83. The van der Waals surface area contributed by atoms with Gasteiger partial charge in [-0.3, -0.25) is 19.8 Å². The topological polar surface area (TPSA) is 66.7 Å². The molecule has 1 heterocycles. The van der Waals surface area contributed by atoms with Crippen molar-refractivity contribution in [3.05, 3.63) is 74.2 Å². The highest BCUT2D eigenvalue weighted by atomic mass is 79.9. The second-order valence-corrected chi connectivity index (χ2v) is 7.55. The van der Waals surface area contributed by atoms with Crippen LogP contribution in [-0.2, 0) is 6.54 Å². The molecule has 0 N–H and O–H groups in total. The summed E-state index contributed by atoms with van der Waals surface area (Å²) >= 11 is 3.32. The predicted molar refractivity (Wildman–Crippen MR) is 108 cm³/mol. The molecule has 0 saturated carbocycles. The van der Waals surface area contributed by atoms with E-state index < -0.39 is 4.92 Å². The van der Waals surface area contributed by atoms with E-state index in [9.17, 15) is 14.9 Å². The van der Waals surface area contributed by atoms with Crippen molar-refractivity contribution in [1.29, 1.82) is 0 Å². The molecule has 6 nitrogen and oxygen atoms in total. The summed E-state index contributed by atoms with van der Waals surface area (Å²) in [4.78, 5) is 27.6. The number of halogens is 1. The number of ketones is 1. The number of carbonyl (C=O) groups excluding carboxylic acids is 1. The molecule has 0 unspecified atom stereocenters. The number of Topliss-reactive ketones (excluding diaryl/α,β-unsaturated/α-hetero) is 1. The first-order chi connectivity index (χ1) is 13.0. The smallest absolute Gasteiger partial charge is 0.270 e. The maximum Gasteiger partial charge on any atom is 0.270 e. The quantitative estimate of drug-likeness (QED) is 0.379. The molecule has 1 saturated heterocycles. The molecule has 0 aromatic heterocycles. The summed E-state index contributed by atoms with van der Waals surface area (Å²) in [5, 5.41) is 10.9. The zero-order valence-corrected chi connectivity index (χ0v) is 16.6. The van der Waals surface area contributed by atoms with Crippen LogP contribution in [0.5, 0.6) is 0 Å². The molecule has 0 radical (unpaired) electrons. The molecule has 1 fully saturated rings. The first-order valence-corrected chi connectivity index (χ1v) is 9.78. The number of nitro groups is 1. The minimum absolute atomic E-state index is 0.0592. The van der Waals surface area contributed by atoms with Crippen molar-refractivity contribution < 1.29 is 9.72 Å². The number of hydrogen-bond donors (Lipinski definition) is 0. The molecule has 2 aromatic rings. The fourth-order valence-corrected chi connectivity index (χ4v) is 3.72. The van der Waals surface area contributed by atoms with Gasteiger partial charge < -0.3 is 4.90 Å². The van der Waals surface area contributed by atoms with Gasteiger partial charge in [0.25, 0.3) is 5.69 Å². The molecular formula is C20H22BrN3O3. The number of non-ortho nitro benzene ring substituents is 1. The highest BCUT2D eigenvalue weighted by Gasteiger charge is 2.20. The van der Waals surface area contributed by atoms with Gasteiger partial charge in [0.05, 0.1) is 4.92 Å². The Bertz CT molecular complexity index is 805. The molecule has 0 atom stereocenters. The van der Waals surface area contributed by atoms with E-state index in [1.54, 1.807) is 6.07 Å². The van der Waals surface area contributed by atoms with Crippen LogP contribution in [-0.4, -0.2) is 53.2 Å². The Labute approximate surface area is 167 Å². The van der Waals surface area contributed by atoms with Crippen molar-refractivity contribution in [3.8, 4) is 0 Å². The van der Waals surface area contributed by atoms with Gasteiger partial charge in [0.15, 0.2) is 5.78 Å². The van der Waals surface area contributed by atoms with E-state index in [0.717, 1.165) is 32.7 Å². The van der Waals surface area contributed by atoms with Crippen LogP contribution in [0.1, 0.15) is 22.3 Å². The van der Waals surface area contributed by atoms with Gasteiger partial charge in [0.1, 0.15) is 0 Å². The average Bonchev–Trinajstić information content (AvgIpc) is 2.68. The van der Waals surface area contributed by atoms with Gasteiger partial charge in [0, 0.05) is 67.9 Å². The maximum absolute atomic E-state index is 12.5. The van der Waals surface area contributed by atoms with Crippen LogP contribution in [0.15, 0.2) is 53.0 Å². The molecule has 27 heavy (non-hydrogen) atoms. The Hall–Kier alpha value is -2.09. The van der Waals surface area contributed by atoms with Crippen molar-refractivity contribution in [1.82, 2.24) is 9.80 Å². The molecular weight excluding hydrogens is 410 g/mol. The molecule has 2 aromatic carbocycles.